The van der Waals surface area contributed by atoms with E-state index in [1.807, 2.05) is 91.1 Å². The van der Waals surface area contributed by atoms with E-state index in [4.69, 9.17) is 20.7 Å². The lowest BCUT2D eigenvalue weighted by Crippen LogP contribution is -2.31. The first-order chi connectivity index (χ1) is 38.1. The van der Waals surface area contributed by atoms with Gasteiger partial charge in [-0.05, 0) is 112 Å². The lowest BCUT2D eigenvalue weighted by Gasteiger charge is -2.18. The van der Waals surface area contributed by atoms with Gasteiger partial charge in [0.15, 0.2) is 0 Å². The molecule has 0 bridgehead atoms. The third-order valence-electron chi connectivity index (χ3n) is 13.1. The lowest BCUT2D eigenvalue weighted by atomic mass is 9.88. The average Bonchev–Trinajstić information content (AvgIpc) is 3.82. The largest absolute Gasteiger partial charge is 0.458 e. The maximum atomic E-state index is 9.16. The summed E-state index contributed by atoms with van der Waals surface area (Å²) in [5.74, 6) is 1.84. The highest BCUT2D eigenvalue weighted by atomic mass is 16.5. The summed E-state index contributed by atoms with van der Waals surface area (Å²) in [5.41, 5.74) is 11.3. The number of fused-ring (bicyclic) bond motifs is 7. The number of nitrogens with zero attached hydrogens (tertiary/aromatic N) is 5. The summed E-state index contributed by atoms with van der Waals surface area (Å²) in [6.07, 6.45) is 6.39. The molecule has 0 fully saturated rings. The Balaban J connectivity index is 0.968. The van der Waals surface area contributed by atoms with Gasteiger partial charge in [0, 0.05) is 39.5 Å². The number of aromatic nitrogens is 5. The quantitative estimate of drug-likeness (QED) is 0.107. The molecule has 0 aliphatic carbocycles. The Bertz CT molecular complexity index is 4500. The molecule has 0 aliphatic heterocycles. The van der Waals surface area contributed by atoms with E-state index in [0.29, 0.717) is 23.0 Å². The van der Waals surface area contributed by atoms with Gasteiger partial charge in [-0.15, -0.1) is 0 Å². The molecule has 13 aromatic rings. The number of hydrogen-bond donors (Lipinski definition) is 0. The molecule has 0 unspecified atom stereocenters. The Morgan fingerprint density at radius 3 is 1.90 bits per heavy atom. The standard InChI is InChI=1S/C65H49N5O/c1-65(2,3)42-44-36-37-66-63(38-44)70-59-35-32-48(69-57-28-12-10-24-53(57)54-25-11-13-29-58(54)69)40-56(59)55-34-33-50(41-62(55)70)71-49-23-16-22-47(39-49)67-43-68(61-31-15-14-30-60(61)67)64-51(45-18-6-4-7-19-45)26-17-27-52(64)46-20-8-5-9-21-46/h4-41H,42H2,1-3H3/i10D,11D,12D,13D,24D,25D,28D,29D. The number of pyridine rings is 1. The topological polar surface area (TPSA) is 40.8 Å². The molecule has 6 heteroatoms. The summed E-state index contributed by atoms with van der Waals surface area (Å²) < 4.78 is 85.5. The smallest absolute Gasteiger partial charge is 0.269 e. The van der Waals surface area contributed by atoms with Gasteiger partial charge in [0.2, 0.25) is 0 Å². The van der Waals surface area contributed by atoms with Crippen molar-refractivity contribution in [2.24, 2.45) is 5.41 Å². The molecule has 0 spiro atoms. The highest BCUT2D eigenvalue weighted by Crippen LogP contribution is 2.40. The van der Waals surface area contributed by atoms with Crippen molar-refractivity contribution in [3.63, 3.8) is 0 Å². The fourth-order valence-electron chi connectivity index (χ4n) is 10.1. The van der Waals surface area contributed by atoms with E-state index in [1.54, 1.807) is 4.57 Å². The fourth-order valence-corrected chi connectivity index (χ4v) is 10.1. The van der Waals surface area contributed by atoms with E-state index in [0.717, 1.165) is 78.5 Å². The normalized spacial score (nSPS) is 13.5. The second-order valence-corrected chi connectivity index (χ2v) is 19.1. The van der Waals surface area contributed by atoms with Crippen molar-refractivity contribution in [2.45, 2.75) is 27.2 Å². The zero-order valence-corrected chi connectivity index (χ0v) is 39.2. The number of benzene rings is 9. The van der Waals surface area contributed by atoms with E-state index in [1.165, 1.54) is 0 Å². The number of ether oxygens (including phenoxy) is 1. The monoisotopic (exact) mass is 923 g/mol. The summed E-state index contributed by atoms with van der Waals surface area (Å²) in [6, 6.07) is 55.8. The van der Waals surface area contributed by atoms with Gasteiger partial charge in [-0.3, -0.25) is 13.7 Å². The molecule has 9 aromatic carbocycles. The summed E-state index contributed by atoms with van der Waals surface area (Å²) in [5, 5.41) is 1.64. The van der Waals surface area contributed by atoms with Crippen molar-refractivity contribution >= 4 is 54.6 Å². The van der Waals surface area contributed by atoms with Crippen molar-refractivity contribution in [1.82, 2.24) is 18.7 Å². The van der Waals surface area contributed by atoms with Crippen LogP contribution in [0.3, 0.4) is 0 Å². The van der Waals surface area contributed by atoms with E-state index in [9.17, 15) is 0 Å². The van der Waals surface area contributed by atoms with Crippen LogP contribution in [0.15, 0.2) is 230 Å². The molecule has 0 atom stereocenters. The zero-order valence-electron chi connectivity index (χ0n) is 47.2. The van der Waals surface area contributed by atoms with Crippen LogP contribution in [0.1, 0.15) is 37.3 Å². The van der Waals surface area contributed by atoms with Gasteiger partial charge in [-0.2, -0.15) is 0 Å². The Hall–Kier alpha value is -9.00. The summed E-state index contributed by atoms with van der Waals surface area (Å²) in [6.45, 7) is 6.60. The number of rotatable bonds is 9. The van der Waals surface area contributed by atoms with Crippen LogP contribution in [-0.4, -0.2) is 18.7 Å². The molecule has 4 heterocycles. The van der Waals surface area contributed by atoms with E-state index < -0.39 is 24.2 Å². The molecule has 0 saturated heterocycles. The molecule has 6 nitrogen and oxygen atoms in total. The molecule has 340 valence electrons. The third kappa shape index (κ3) is 7.43. The zero-order chi connectivity index (χ0) is 54.6. The SMILES string of the molecule is [2H]c1c([2H])c([2H])c2c(c1[2H])c1c([2H])c([2H])c([2H])c([2H])c1n2-c1ccc2c(c1)c1ccc(Oc3cccc(-n4[c-][n+](-c5c(-c6ccccc6)cccc5-c5ccccc5)c5ccccc54)c3)cc1n2-c1cc(CC(C)(C)C)ccn1. The molecular formula is C65H49N5O. The van der Waals surface area contributed by atoms with Gasteiger partial charge in [-0.25, -0.2) is 4.98 Å². The van der Waals surface area contributed by atoms with Gasteiger partial charge in [-0.1, -0.05) is 166 Å². The highest BCUT2D eigenvalue weighted by molar-refractivity contribution is 6.12. The predicted octanol–water partition coefficient (Wildman–Crippen LogP) is 16.0. The minimum absolute atomic E-state index is 0.000565. The first kappa shape index (κ1) is 34.3. The molecule has 13 rings (SSSR count). The minimum atomic E-state index is -0.489. The van der Waals surface area contributed by atoms with Gasteiger partial charge in [0.1, 0.15) is 17.3 Å². The van der Waals surface area contributed by atoms with Crippen LogP contribution < -0.4 is 9.30 Å². The maximum Gasteiger partial charge on any atom is 0.269 e. The van der Waals surface area contributed by atoms with Crippen molar-refractivity contribution in [3.8, 4) is 56.6 Å². The molecule has 0 radical (unpaired) electrons. The number of hydrogen-bond acceptors (Lipinski definition) is 2. The van der Waals surface area contributed by atoms with Gasteiger partial charge >= 0.3 is 0 Å². The second kappa shape index (κ2) is 16.9. The molecule has 0 N–H and O–H groups in total. The van der Waals surface area contributed by atoms with Crippen molar-refractivity contribution < 1.29 is 20.3 Å². The van der Waals surface area contributed by atoms with Crippen molar-refractivity contribution in [3.05, 3.63) is 242 Å². The van der Waals surface area contributed by atoms with Crippen LogP contribution in [0.5, 0.6) is 11.5 Å². The van der Waals surface area contributed by atoms with Gasteiger partial charge < -0.3 is 9.30 Å². The van der Waals surface area contributed by atoms with Crippen LogP contribution in [-0.2, 0) is 6.42 Å². The molecule has 0 saturated carbocycles. The number of para-hydroxylation sites is 5. The van der Waals surface area contributed by atoms with Crippen LogP contribution >= 0.6 is 0 Å². The maximum absolute atomic E-state index is 9.16. The highest BCUT2D eigenvalue weighted by Gasteiger charge is 2.22. The third-order valence-corrected chi connectivity index (χ3v) is 13.1. The average molecular weight is 924 g/mol. The van der Waals surface area contributed by atoms with Crippen LogP contribution in [0, 0.1) is 11.7 Å². The summed E-state index contributed by atoms with van der Waals surface area (Å²) in [7, 11) is 0. The Kier molecular flexibility index (Phi) is 8.17. The van der Waals surface area contributed by atoms with E-state index >= 15 is 0 Å². The van der Waals surface area contributed by atoms with Gasteiger partial charge in [0.25, 0.3) is 6.33 Å². The Morgan fingerprint density at radius 1 is 0.521 bits per heavy atom. The van der Waals surface area contributed by atoms with Crippen LogP contribution in [0.25, 0.3) is 99.8 Å². The van der Waals surface area contributed by atoms with Crippen LogP contribution in [0.2, 0.25) is 0 Å². The number of imidazole rings is 1. The molecule has 0 amide bonds. The van der Waals surface area contributed by atoms with Crippen molar-refractivity contribution in [1.29, 1.82) is 0 Å². The van der Waals surface area contributed by atoms with E-state index in [-0.39, 0.29) is 51.4 Å². The van der Waals surface area contributed by atoms with Crippen molar-refractivity contribution in [2.75, 3.05) is 0 Å². The first-order valence-electron chi connectivity index (χ1n) is 27.7. The second-order valence-electron chi connectivity index (χ2n) is 19.1. The van der Waals surface area contributed by atoms with Gasteiger partial charge in [0.05, 0.1) is 55.4 Å². The lowest BCUT2D eigenvalue weighted by molar-refractivity contribution is -0.571. The fraction of sp³-hybridized carbons (Fsp3) is 0.0769. The molecule has 0 aliphatic rings. The molecular weight excluding hydrogens is 867 g/mol. The molecule has 4 aromatic heterocycles. The first-order valence-corrected chi connectivity index (χ1v) is 23.7. The predicted molar refractivity (Wildman–Crippen MR) is 291 cm³/mol. The summed E-state index contributed by atoms with van der Waals surface area (Å²) >= 11 is 0. The Labute approximate surface area is 423 Å². The Morgan fingerprint density at radius 2 is 1.18 bits per heavy atom. The minimum Gasteiger partial charge on any atom is -0.458 e. The molecule has 71 heavy (non-hydrogen) atoms. The van der Waals surface area contributed by atoms with E-state index in [2.05, 4.69) is 132 Å². The summed E-state index contributed by atoms with van der Waals surface area (Å²) in [4.78, 5) is 4.94. The van der Waals surface area contributed by atoms with Crippen LogP contribution in [0.4, 0.5) is 0 Å².